The van der Waals surface area contributed by atoms with Crippen molar-refractivity contribution < 1.29 is 28.5 Å². The predicted octanol–water partition coefficient (Wildman–Crippen LogP) is 4.67. The summed E-state index contributed by atoms with van der Waals surface area (Å²) in [6.07, 6.45) is 0.810. The Morgan fingerprint density at radius 2 is 1.81 bits per heavy atom. The topological polar surface area (TPSA) is 78.5 Å². The Hall–Kier alpha value is -3.56. The van der Waals surface area contributed by atoms with Crippen molar-refractivity contribution in [2.45, 2.75) is 16.6 Å². The summed E-state index contributed by atoms with van der Waals surface area (Å²) in [7, 11) is 3.44. The molecule has 0 saturated carbocycles. The van der Waals surface area contributed by atoms with Gasteiger partial charge in [-0.1, -0.05) is 12.1 Å². The van der Waals surface area contributed by atoms with Crippen molar-refractivity contribution in [1.82, 2.24) is 5.32 Å². The zero-order valence-electron chi connectivity index (χ0n) is 20.9. The lowest BCUT2D eigenvalue weighted by Crippen LogP contribution is -2.33. The summed E-state index contributed by atoms with van der Waals surface area (Å²) in [6, 6.07) is 19.2. The Morgan fingerprint density at radius 1 is 0.973 bits per heavy atom. The summed E-state index contributed by atoms with van der Waals surface area (Å²) in [5, 5.41) is 2.96. The van der Waals surface area contributed by atoms with Gasteiger partial charge in [-0.15, -0.1) is 11.8 Å². The van der Waals surface area contributed by atoms with Gasteiger partial charge in [0, 0.05) is 30.1 Å². The van der Waals surface area contributed by atoms with Gasteiger partial charge in [-0.2, -0.15) is 0 Å². The molecule has 1 atom stereocenters. The van der Waals surface area contributed by atoms with Gasteiger partial charge in [-0.25, -0.2) is 0 Å². The zero-order valence-corrected chi connectivity index (χ0v) is 21.7. The van der Waals surface area contributed by atoms with Gasteiger partial charge >= 0.3 is 0 Å². The van der Waals surface area contributed by atoms with E-state index < -0.39 is 5.25 Å². The van der Waals surface area contributed by atoms with Crippen LogP contribution in [0.25, 0.3) is 0 Å². The molecule has 3 aromatic rings. The molecule has 0 fully saturated rings. The Bertz CT molecular complexity index is 1250. The normalized spacial score (nSPS) is 15.9. The summed E-state index contributed by atoms with van der Waals surface area (Å²) in [5.41, 5.74) is 1.74. The van der Waals surface area contributed by atoms with Crippen molar-refractivity contribution in [3.8, 4) is 28.7 Å². The Labute approximate surface area is 220 Å². The van der Waals surface area contributed by atoms with Crippen LogP contribution in [0.5, 0.6) is 28.7 Å². The van der Waals surface area contributed by atoms with Crippen molar-refractivity contribution in [2.75, 3.05) is 52.2 Å². The summed E-state index contributed by atoms with van der Waals surface area (Å²) in [6.45, 7) is 2.80. The van der Waals surface area contributed by atoms with E-state index in [2.05, 4.69) is 5.32 Å². The van der Waals surface area contributed by atoms with E-state index in [4.69, 9.17) is 23.7 Å². The van der Waals surface area contributed by atoms with E-state index in [1.165, 1.54) is 0 Å². The number of hydrogen-bond acceptors (Lipinski definition) is 8. The number of amides is 1. The molecule has 0 aromatic heterocycles. The largest absolute Gasteiger partial charge is 0.497 e. The fourth-order valence-corrected chi connectivity index (χ4v) is 5.51. The predicted molar refractivity (Wildman–Crippen MR) is 142 cm³/mol. The van der Waals surface area contributed by atoms with Gasteiger partial charge in [-0.3, -0.25) is 4.79 Å². The molecule has 0 spiro atoms. The lowest BCUT2D eigenvalue weighted by Gasteiger charge is -2.32. The summed E-state index contributed by atoms with van der Waals surface area (Å²) < 4.78 is 28.0. The number of methoxy groups -OCH3 is 1. The minimum Gasteiger partial charge on any atom is -0.497 e. The van der Waals surface area contributed by atoms with Crippen LogP contribution in [0.3, 0.4) is 0 Å². The lowest BCUT2D eigenvalue weighted by molar-refractivity contribution is -0.118. The van der Waals surface area contributed by atoms with Crippen LogP contribution in [0, 0.1) is 0 Å². The SMILES string of the molecule is COc1ccc(OCCCNCCOc2ccc3c(c2)OCO3)c([C@H]2Sc3ccccc3N(C)C2=O)c1. The van der Waals surface area contributed by atoms with Crippen molar-refractivity contribution in [1.29, 1.82) is 0 Å². The average molecular weight is 523 g/mol. The number of fused-ring (bicyclic) bond motifs is 2. The molecule has 2 aliphatic rings. The first-order chi connectivity index (χ1) is 18.1. The number of carbonyl (C=O) groups excluding carboxylic acids is 1. The van der Waals surface area contributed by atoms with Gasteiger partial charge in [0.05, 0.1) is 19.4 Å². The third-order valence-corrected chi connectivity index (χ3v) is 7.46. The number of nitrogens with one attached hydrogen (secondary N) is 1. The molecule has 0 radical (unpaired) electrons. The molecule has 8 nitrogen and oxygen atoms in total. The highest BCUT2D eigenvalue weighted by molar-refractivity contribution is 8.00. The molecule has 0 saturated heterocycles. The van der Waals surface area contributed by atoms with Crippen LogP contribution in [0.2, 0.25) is 0 Å². The molecule has 9 heteroatoms. The van der Waals surface area contributed by atoms with Crippen LogP contribution in [-0.2, 0) is 4.79 Å². The molecule has 0 aliphatic carbocycles. The molecule has 1 N–H and O–H groups in total. The van der Waals surface area contributed by atoms with Crippen molar-refractivity contribution in [2.24, 2.45) is 0 Å². The Kier molecular flexibility index (Phi) is 7.91. The smallest absolute Gasteiger partial charge is 0.244 e. The molecule has 0 unspecified atom stereocenters. The van der Waals surface area contributed by atoms with E-state index in [9.17, 15) is 4.79 Å². The maximum absolute atomic E-state index is 13.2. The summed E-state index contributed by atoms with van der Waals surface area (Å²) in [4.78, 5) is 16.0. The maximum Gasteiger partial charge on any atom is 0.244 e. The van der Waals surface area contributed by atoms with Crippen LogP contribution in [0.4, 0.5) is 5.69 Å². The fraction of sp³-hybridized carbons (Fsp3) is 0.321. The molecule has 2 heterocycles. The minimum atomic E-state index is -0.406. The number of carbonyl (C=O) groups is 1. The van der Waals surface area contributed by atoms with Crippen molar-refractivity contribution in [3.63, 3.8) is 0 Å². The maximum atomic E-state index is 13.2. The van der Waals surface area contributed by atoms with Crippen LogP contribution in [0.1, 0.15) is 17.2 Å². The number of hydrogen-bond donors (Lipinski definition) is 1. The highest BCUT2D eigenvalue weighted by atomic mass is 32.2. The lowest BCUT2D eigenvalue weighted by atomic mass is 10.1. The van der Waals surface area contributed by atoms with Crippen molar-refractivity contribution >= 4 is 23.4 Å². The van der Waals surface area contributed by atoms with Crippen LogP contribution >= 0.6 is 11.8 Å². The van der Waals surface area contributed by atoms with Crippen molar-refractivity contribution in [3.05, 3.63) is 66.2 Å². The molecule has 3 aromatic carbocycles. The molecule has 5 rings (SSSR count). The number of nitrogens with zero attached hydrogens (tertiary/aromatic N) is 1. The van der Waals surface area contributed by atoms with E-state index in [1.807, 2.05) is 67.7 Å². The van der Waals surface area contributed by atoms with Gasteiger partial charge in [-0.05, 0) is 55.4 Å². The fourth-order valence-electron chi connectivity index (χ4n) is 4.20. The molecule has 1 amide bonds. The van der Waals surface area contributed by atoms with Crippen LogP contribution < -0.4 is 33.9 Å². The Morgan fingerprint density at radius 3 is 2.70 bits per heavy atom. The minimum absolute atomic E-state index is 0.0194. The van der Waals surface area contributed by atoms with Gasteiger partial charge in [0.1, 0.15) is 29.1 Å². The number of benzene rings is 3. The average Bonchev–Trinajstić information content (AvgIpc) is 3.40. The second-order valence-corrected chi connectivity index (χ2v) is 9.73. The van der Waals surface area contributed by atoms with Gasteiger partial charge in [0.25, 0.3) is 0 Å². The second-order valence-electron chi connectivity index (χ2n) is 8.58. The summed E-state index contributed by atoms with van der Waals surface area (Å²) >= 11 is 1.54. The van der Waals surface area contributed by atoms with E-state index in [0.29, 0.717) is 37.0 Å². The first kappa shape index (κ1) is 25.1. The van der Waals surface area contributed by atoms with Crippen LogP contribution in [0.15, 0.2) is 65.6 Å². The third-order valence-electron chi connectivity index (χ3n) is 6.17. The van der Waals surface area contributed by atoms with Gasteiger partial charge < -0.3 is 33.9 Å². The van der Waals surface area contributed by atoms with Gasteiger partial charge in [0.2, 0.25) is 12.7 Å². The number of likely N-dealkylation sites (N-methyl/N-ethyl adjacent to an activating group) is 1. The number of thioether (sulfide) groups is 1. The molecular weight excluding hydrogens is 492 g/mol. The highest BCUT2D eigenvalue weighted by Crippen LogP contribution is 2.48. The number of anilines is 1. The number of ether oxygens (including phenoxy) is 5. The van der Waals surface area contributed by atoms with E-state index >= 15 is 0 Å². The van der Waals surface area contributed by atoms with Gasteiger partial charge in [0.15, 0.2) is 11.5 Å². The van der Waals surface area contributed by atoms with E-state index in [0.717, 1.165) is 40.6 Å². The highest BCUT2D eigenvalue weighted by Gasteiger charge is 2.34. The molecular formula is C28H30N2O6S. The first-order valence-corrected chi connectivity index (χ1v) is 13.1. The van der Waals surface area contributed by atoms with Crippen LogP contribution in [-0.4, -0.2) is 53.2 Å². The quantitative estimate of drug-likeness (QED) is 0.364. The standard InChI is InChI=1S/C28H30N2O6S/c1-30-22-6-3-4-7-26(22)37-27(28(30)31)21-16-19(32-2)8-10-23(21)34-14-5-12-29-13-15-33-20-9-11-24-25(17-20)36-18-35-24/h3-4,6-11,16-17,27,29H,5,12-15,18H2,1-2H3/t27-/m1/s1. The molecule has 0 bridgehead atoms. The molecule has 194 valence electrons. The second kappa shape index (κ2) is 11.7. The van der Waals surface area contributed by atoms with E-state index in [-0.39, 0.29) is 12.7 Å². The zero-order chi connectivity index (χ0) is 25.6. The third kappa shape index (κ3) is 5.73. The Balaban J connectivity index is 1.11. The number of rotatable bonds is 11. The number of para-hydroxylation sites is 1. The molecule has 37 heavy (non-hydrogen) atoms. The monoisotopic (exact) mass is 522 g/mol. The first-order valence-electron chi connectivity index (χ1n) is 12.2. The molecule has 2 aliphatic heterocycles. The van der Waals surface area contributed by atoms with E-state index in [1.54, 1.807) is 23.8 Å². The summed E-state index contributed by atoms with van der Waals surface area (Å²) in [5.74, 6) is 3.63.